The van der Waals surface area contributed by atoms with Crippen LogP contribution in [0.3, 0.4) is 0 Å². The largest absolute Gasteiger partial charge is 0.374 e. The van der Waals surface area contributed by atoms with E-state index >= 15 is 0 Å². The number of rotatable bonds is 2. The van der Waals surface area contributed by atoms with Gasteiger partial charge in [-0.15, -0.1) is 21.5 Å². The number of nitrogens with zero attached hydrogens (tertiary/aromatic N) is 3. The van der Waals surface area contributed by atoms with Crippen molar-refractivity contribution in [1.82, 2.24) is 15.2 Å². The van der Waals surface area contributed by atoms with Gasteiger partial charge in [0.1, 0.15) is 0 Å². The number of thiazole rings is 1. The van der Waals surface area contributed by atoms with E-state index in [9.17, 15) is 0 Å². The van der Waals surface area contributed by atoms with Gasteiger partial charge in [0.15, 0.2) is 5.01 Å². The number of hydrogen-bond donors (Lipinski definition) is 1. The second kappa shape index (κ2) is 3.99. The molecule has 0 aliphatic heterocycles. The van der Waals surface area contributed by atoms with E-state index in [1.54, 1.807) is 11.3 Å². The molecule has 0 radical (unpaired) electrons. The van der Waals surface area contributed by atoms with E-state index in [4.69, 9.17) is 10.7 Å². The number of hydrogen-bond acceptors (Lipinski definition) is 6. The van der Waals surface area contributed by atoms with E-state index in [2.05, 4.69) is 31.0 Å². The second-order valence-corrected chi connectivity index (χ2v) is 7.71. The molecule has 0 bridgehead atoms. The molecule has 2 aromatic heterocycles. The van der Waals surface area contributed by atoms with Crippen molar-refractivity contribution in [3.8, 4) is 9.88 Å². The molecule has 2 heterocycles. The van der Waals surface area contributed by atoms with Crippen molar-refractivity contribution < 1.29 is 0 Å². The molecular formula is C12H16N4S2. The number of aromatic nitrogens is 3. The van der Waals surface area contributed by atoms with Gasteiger partial charge in [0.25, 0.3) is 0 Å². The Labute approximate surface area is 114 Å². The fourth-order valence-corrected chi connectivity index (χ4v) is 3.66. The molecule has 0 saturated heterocycles. The lowest BCUT2D eigenvalue weighted by Gasteiger charge is -2.13. The summed E-state index contributed by atoms with van der Waals surface area (Å²) >= 11 is 3.19. The minimum absolute atomic E-state index is 0.0861. The summed E-state index contributed by atoms with van der Waals surface area (Å²) in [6.45, 7) is 6.59. The lowest BCUT2D eigenvalue weighted by atomic mass is 9.98. The molecule has 18 heavy (non-hydrogen) atoms. The van der Waals surface area contributed by atoms with Crippen molar-refractivity contribution in [1.29, 1.82) is 0 Å². The van der Waals surface area contributed by atoms with Crippen LogP contribution in [0, 0.1) is 0 Å². The van der Waals surface area contributed by atoms with Gasteiger partial charge in [-0.2, -0.15) is 0 Å². The lowest BCUT2D eigenvalue weighted by molar-refractivity contribution is 0.583. The van der Waals surface area contributed by atoms with Crippen molar-refractivity contribution >= 4 is 27.8 Å². The Kier molecular flexibility index (Phi) is 2.67. The SMILES string of the molecule is CC(C)(C)c1nc(C2CC2)c(-c2nnc(N)s2)s1. The predicted molar refractivity (Wildman–Crippen MR) is 76.1 cm³/mol. The first-order chi connectivity index (χ1) is 8.45. The summed E-state index contributed by atoms with van der Waals surface area (Å²) in [6.07, 6.45) is 2.49. The van der Waals surface area contributed by atoms with Gasteiger partial charge < -0.3 is 5.73 Å². The molecular weight excluding hydrogens is 264 g/mol. The van der Waals surface area contributed by atoms with Crippen molar-refractivity contribution in [3.63, 3.8) is 0 Å². The molecule has 6 heteroatoms. The van der Waals surface area contributed by atoms with E-state index in [-0.39, 0.29) is 5.41 Å². The highest BCUT2D eigenvalue weighted by Crippen LogP contribution is 2.48. The minimum Gasteiger partial charge on any atom is -0.374 e. The number of nitrogens with two attached hydrogens (primary N) is 1. The summed E-state index contributed by atoms with van der Waals surface area (Å²) in [5.74, 6) is 0.623. The normalized spacial score (nSPS) is 16.2. The summed E-state index contributed by atoms with van der Waals surface area (Å²) in [4.78, 5) is 6.02. The van der Waals surface area contributed by atoms with Crippen LogP contribution in [0.1, 0.15) is 50.2 Å². The fourth-order valence-electron chi connectivity index (χ4n) is 1.77. The van der Waals surface area contributed by atoms with Gasteiger partial charge in [-0.1, -0.05) is 32.1 Å². The topological polar surface area (TPSA) is 64.7 Å². The lowest BCUT2D eigenvalue weighted by Crippen LogP contribution is -2.10. The van der Waals surface area contributed by atoms with Gasteiger partial charge in [-0.3, -0.25) is 0 Å². The Hall–Kier alpha value is -1.01. The highest BCUT2D eigenvalue weighted by molar-refractivity contribution is 7.23. The van der Waals surface area contributed by atoms with Crippen molar-refractivity contribution in [2.75, 3.05) is 5.73 Å². The third-order valence-electron chi connectivity index (χ3n) is 2.89. The second-order valence-electron chi connectivity index (χ2n) is 5.70. The van der Waals surface area contributed by atoms with E-state index in [1.807, 2.05) is 0 Å². The van der Waals surface area contributed by atoms with Crippen LogP contribution in [0.4, 0.5) is 5.13 Å². The van der Waals surface area contributed by atoms with E-state index < -0.39 is 0 Å². The molecule has 1 fully saturated rings. The van der Waals surface area contributed by atoms with Crippen molar-refractivity contribution in [2.45, 2.75) is 44.9 Å². The van der Waals surface area contributed by atoms with Gasteiger partial charge in [-0.25, -0.2) is 4.98 Å². The zero-order valence-corrected chi connectivity index (χ0v) is 12.4. The Morgan fingerprint density at radius 3 is 2.39 bits per heavy atom. The molecule has 1 aliphatic carbocycles. The van der Waals surface area contributed by atoms with E-state index in [1.165, 1.54) is 39.8 Å². The third-order valence-corrected chi connectivity index (χ3v) is 5.30. The molecule has 1 aliphatic rings. The maximum Gasteiger partial charge on any atom is 0.203 e. The first kappa shape index (κ1) is 12.0. The standard InChI is InChI=1S/C12H16N4S2/c1-12(2,3)10-14-7(6-4-5-6)8(17-10)9-15-16-11(13)18-9/h6H,4-5H2,1-3H3,(H2,13,16). The smallest absolute Gasteiger partial charge is 0.203 e. The molecule has 4 nitrogen and oxygen atoms in total. The van der Waals surface area contributed by atoms with Crippen LogP contribution in [-0.4, -0.2) is 15.2 Å². The van der Waals surface area contributed by atoms with Crippen LogP contribution in [-0.2, 0) is 5.41 Å². The van der Waals surface area contributed by atoms with Crippen LogP contribution in [0.5, 0.6) is 0 Å². The van der Waals surface area contributed by atoms with Crippen molar-refractivity contribution in [2.24, 2.45) is 0 Å². The monoisotopic (exact) mass is 280 g/mol. The summed E-state index contributed by atoms with van der Waals surface area (Å²) in [5.41, 5.74) is 6.97. The van der Waals surface area contributed by atoms with Gasteiger partial charge >= 0.3 is 0 Å². The molecule has 0 amide bonds. The van der Waals surface area contributed by atoms with Crippen molar-refractivity contribution in [3.05, 3.63) is 10.7 Å². The molecule has 2 N–H and O–H groups in total. The summed E-state index contributed by atoms with van der Waals surface area (Å²) in [5, 5.41) is 10.7. The molecule has 0 atom stereocenters. The third kappa shape index (κ3) is 2.14. The van der Waals surface area contributed by atoms with Gasteiger partial charge in [0, 0.05) is 11.3 Å². The van der Waals surface area contributed by atoms with Crippen LogP contribution in [0.25, 0.3) is 9.88 Å². The summed E-state index contributed by atoms with van der Waals surface area (Å²) < 4.78 is 0. The summed E-state index contributed by atoms with van der Waals surface area (Å²) in [6, 6.07) is 0. The average Bonchev–Trinajstić information content (AvgIpc) is 2.86. The van der Waals surface area contributed by atoms with Crippen LogP contribution in [0.2, 0.25) is 0 Å². The Bertz CT molecular complexity index is 575. The molecule has 2 aromatic rings. The highest BCUT2D eigenvalue weighted by atomic mass is 32.1. The minimum atomic E-state index is 0.0861. The highest BCUT2D eigenvalue weighted by Gasteiger charge is 2.33. The van der Waals surface area contributed by atoms with E-state index in [0.29, 0.717) is 11.0 Å². The first-order valence-corrected chi connectivity index (χ1v) is 7.69. The molecule has 0 spiro atoms. The molecule has 1 saturated carbocycles. The van der Waals surface area contributed by atoms with Crippen LogP contribution < -0.4 is 5.73 Å². The number of nitrogen functional groups attached to an aromatic ring is 1. The molecule has 96 valence electrons. The van der Waals surface area contributed by atoms with Crippen LogP contribution in [0.15, 0.2) is 0 Å². The van der Waals surface area contributed by atoms with Gasteiger partial charge in [-0.05, 0) is 12.8 Å². The van der Waals surface area contributed by atoms with Gasteiger partial charge in [0.05, 0.1) is 15.6 Å². The zero-order chi connectivity index (χ0) is 12.9. The quantitative estimate of drug-likeness (QED) is 0.915. The molecule has 0 aromatic carbocycles. The Morgan fingerprint density at radius 2 is 1.89 bits per heavy atom. The predicted octanol–water partition coefficient (Wildman–Crippen LogP) is 3.42. The maximum atomic E-state index is 5.68. The Balaban J connectivity index is 2.09. The van der Waals surface area contributed by atoms with Gasteiger partial charge in [0.2, 0.25) is 5.13 Å². The summed E-state index contributed by atoms with van der Waals surface area (Å²) in [7, 11) is 0. The average molecular weight is 280 g/mol. The first-order valence-electron chi connectivity index (χ1n) is 6.05. The van der Waals surface area contributed by atoms with Crippen LogP contribution >= 0.6 is 22.7 Å². The molecule has 0 unspecified atom stereocenters. The number of anilines is 1. The fraction of sp³-hybridized carbons (Fsp3) is 0.583. The Morgan fingerprint density at radius 1 is 1.17 bits per heavy atom. The molecule has 3 rings (SSSR count). The maximum absolute atomic E-state index is 5.68. The zero-order valence-electron chi connectivity index (χ0n) is 10.7. The van der Waals surface area contributed by atoms with E-state index in [0.717, 1.165) is 5.01 Å².